The Labute approximate surface area is 173 Å². The number of piperazine rings is 1. The van der Waals surface area contributed by atoms with Gasteiger partial charge < -0.3 is 15.0 Å². The number of benzene rings is 2. The molecule has 0 spiro atoms. The summed E-state index contributed by atoms with van der Waals surface area (Å²) in [7, 11) is 1.80. The maximum absolute atomic E-state index is 13.5. The molecule has 3 rings (SSSR count). The number of anilines is 1. The van der Waals surface area contributed by atoms with Crippen molar-refractivity contribution in [2.24, 2.45) is 0 Å². The van der Waals surface area contributed by atoms with Gasteiger partial charge in [0.15, 0.2) is 0 Å². The maximum Gasteiger partial charge on any atom is 0.243 e. The van der Waals surface area contributed by atoms with Gasteiger partial charge >= 0.3 is 0 Å². The minimum Gasteiger partial charge on any atom is -0.496 e. The smallest absolute Gasteiger partial charge is 0.243 e. The molecule has 2 aromatic carbocycles. The third-order valence-electron chi connectivity index (χ3n) is 4.96. The van der Waals surface area contributed by atoms with Crippen molar-refractivity contribution in [1.29, 1.82) is 0 Å². The number of nitrogens with zero attached hydrogens (tertiary/aromatic N) is 2. The van der Waals surface area contributed by atoms with Crippen LogP contribution in [-0.2, 0) is 10.0 Å². The molecule has 6 nitrogen and oxygen atoms in total. The second kappa shape index (κ2) is 9.13. The Kier molecular flexibility index (Phi) is 7.33. The lowest BCUT2D eigenvalue weighted by molar-refractivity contribution is 0.264. The Bertz CT molecular complexity index is 919. The van der Waals surface area contributed by atoms with Crippen molar-refractivity contribution in [1.82, 2.24) is 9.62 Å². The van der Waals surface area contributed by atoms with Crippen LogP contribution in [0.25, 0.3) is 0 Å². The van der Waals surface area contributed by atoms with Gasteiger partial charge in [-0.15, -0.1) is 12.4 Å². The summed E-state index contributed by atoms with van der Waals surface area (Å²) in [5, 5.41) is 3.31. The van der Waals surface area contributed by atoms with Crippen LogP contribution in [0, 0.1) is 6.92 Å². The van der Waals surface area contributed by atoms with Gasteiger partial charge in [-0.25, -0.2) is 8.42 Å². The van der Waals surface area contributed by atoms with E-state index >= 15 is 0 Å². The van der Waals surface area contributed by atoms with Gasteiger partial charge in [-0.3, -0.25) is 0 Å². The standard InChI is InChI=1S/C20H27N3O3S.ClH/c1-15-9-10-16(13-18(15)22(2)3)27(24,25)23-12-11-21-14-19(23)17-7-5-6-8-20(17)26-4;/h5-10,13,19,21H,11-12,14H2,1-4H3;1H. The predicted octanol–water partition coefficient (Wildman–Crippen LogP) is 2.83. The number of hydrogen-bond acceptors (Lipinski definition) is 5. The molecule has 0 amide bonds. The van der Waals surface area contributed by atoms with Crippen molar-refractivity contribution in [2.75, 3.05) is 45.7 Å². The molecule has 1 aliphatic rings. The summed E-state index contributed by atoms with van der Waals surface area (Å²) in [6.45, 7) is 3.56. The largest absolute Gasteiger partial charge is 0.496 e. The van der Waals surface area contributed by atoms with E-state index in [1.807, 2.05) is 56.3 Å². The summed E-state index contributed by atoms with van der Waals surface area (Å²) >= 11 is 0. The average Bonchev–Trinajstić information content (AvgIpc) is 2.68. The van der Waals surface area contributed by atoms with Crippen molar-refractivity contribution < 1.29 is 13.2 Å². The third kappa shape index (κ3) is 4.27. The summed E-state index contributed by atoms with van der Waals surface area (Å²) in [6.07, 6.45) is 0. The van der Waals surface area contributed by atoms with Crippen LogP contribution in [0.5, 0.6) is 5.75 Å². The number of hydrogen-bond donors (Lipinski definition) is 1. The fourth-order valence-corrected chi connectivity index (χ4v) is 5.17. The van der Waals surface area contributed by atoms with Crippen LogP contribution >= 0.6 is 12.4 Å². The molecule has 1 unspecified atom stereocenters. The monoisotopic (exact) mass is 425 g/mol. The van der Waals surface area contributed by atoms with Gasteiger partial charge in [-0.2, -0.15) is 4.31 Å². The van der Waals surface area contributed by atoms with Crippen molar-refractivity contribution >= 4 is 28.1 Å². The summed E-state index contributed by atoms with van der Waals surface area (Å²) in [5.74, 6) is 0.698. The van der Waals surface area contributed by atoms with E-state index in [2.05, 4.69) is 5.32 Å². The Morgan fingerprint density at radius 3 is 2.57 bits per heavy atom. The molecule has 8 heteroatoms. The molecule has 2 aromatic rings. The number of halogens is 1. The van der Waals surface area contributed by atoms with Crippen LogP contribution < -0.4 is 15.0 Å². The predicted molar refractivity (Wildman–Crippen MR) is 115 cm³/mol. The summed E-state index contributed by atoms with van der Waals surface area (Å²) in [4.78, 5) is 2.25. The van der Waals surface area contributed by atoms with E-state index in [1.165, 1.54) is 0 Å². The molecule has 1 N–H and O–H groups in total. The lowest BCUT2D eigenvalue weighted by atomic mass is 10.0. The molecule has 1 saturated heterocycles. The van der Waals surface area contributed by atoms with E-state index < -0.39 is 10.0 Å². The van der Waals surface area contributed by atoms with Gasteiger partial charge in [0.1, 0.15) is 5.75 Å². The van der Waals surface area contributed by atoms with Crippen LogP contribution in [0.2, 0.25) is 0 Å². The van der Waals surface area contributed by atoms with Crippen LogP contribution in [0.15, 0.2) is 47.4 Å². The van der Waals surface area contributed by atoms with Crippen LogP contribution in [0.4, 0.5) is 5.69 Å². The number of aryl methyl sites for hydroxylation is 1. The second-order valence-electron chi connectivity index (χ2n) is 6.92. The molecule has 0 radical (unpaired) electrons. The first-order valence-corrected chi connectivity index (χ1v) is 10.4. The molecule has 1 atom stereocenters. The Morgan fingerprint density at radius 1 is 1.18 bits per heavy atom. The highest BCUT2D eigenvalue weighted by Gasteiger charge is 2.36. The molecular weight excluding hydrogens is 398 g/mol. The zero-order valence-corrected chi connectivity index (χ0v) is 18.3. The Balaban J connectivity index is 0.00000280. The molecule has 0 aliphatic carbocycles. The lowest BCUT2D eigenvalue weighted by Gasteiger charge is -2.36. The van der Waals surface area contributed by atoms with Crippen molar-refractivity contribution in [3.05, 3.63) is 53.6 Å². The molecule has 1 aliphatic heterocycles. The van der Waals surface area contributed by atoms with E-state index in [0.29, 0.717) is 30.3 Å². The van der Waals surface area contributed by atoms with Gasteiger partial charge in [-0.1, -0.05) is 24.3 Å². The highest BCUT2D eigenvalue weighted by Crippen LogP contribution is 2.34. The first kappa shape index (κ1) is 22.5. The number of nitrogens with one attached hydrogen (secondary N) is 1. The van der Waals surface area contributed by atoms with Crippen molar-refractivity contribution in [3.8, 4) is 5.75 Å². The van der Waals surface area contributed by atoms with E-state index in [9.17, 15) is 8.42 Å². The molecule has 0 aromatic heterocycles. The number of methoxy groups -OCH3 is 1. The van der Waals surface area contributed by atoms with E-state index in [0.717, 1.165) is 16.8 Å². The molecule has 1 fully saturated rings. The zero-order valence-electron chi connectivity index (χ0n) is 16.7. The first-order valence-electron chi connectivity index (χ1n) is 8.99. The highest BCUT2D eigenvalue weighted by atomic mass is 35.5. The Morgan fingerprint density at radius 2 is 1.89 bits per heavy atom. The summed E-state index contributed by atoms with van der Waals surface area (Å²) in [5.41, 5.74) is 2.82. The average molecular weight is 426 g/mol. The Hall–Kier alpha value is -1.80. The summed E-state index contributed by atoms with van der Waals surface area (Å²) in [6, 6.07) is 12.6. The molecule has 154 valence electrons. The molecular formula is C20H28ClN3O3S. The van der Waals surface area contributed by atoms with Gasteiger partial charge in [0.2, 0.25) is 10.0 Å². The van der Waals surface area contributed by atoms with Crippen LogP contribution in [-0.4, -0.2) is 53.6 Å². The quantitative estimate of drug-likeness (QED) is 0.798. The number of ether oxygens (including phenoxy) is 1. The minimum absolute atomic E-state index is 0. The number of rotatable bonds is 5. The van der Waals surface area contributed by atoms with Crippen LogP contribution in [0.1, 0.15) is 17.2 Å². The lowest BCUT2D eigenvalue weighted by Crippen LogP contribution is -2.48. The number of para-hydroxylation sites is 1. The maximum atomic E-state index is 13.5. The van der Waals surface area contributed by atoms with E-state index in [1.54, 1.807) is 23.5 Å². The van der Waals surface area contributed by atoms with Crippen molar-refractivity contribution in [2.45, 2.75) is 17.9 Å². The van der Waals surface area contributed by atoms with Crippen LogP contribution in [0.3, 0.4) is 0 Å². The fourth-order valence-electron chi connectivity index (χ4n) is 3.55. The van der Waals surface area contributed by atoms with Crippen molar-refractivity contribution in [3.63, 3.8) is 0 Å². The molecule has 1 heterocycles. The molecule has 0 saturated carbocycles. The SMILES string of the molecule is COc1ccccc1C1CNCCN1S(=O)(=O)c1ccc(C)c(N(C)C)c1.Cl. The zero-order chi connectivity index (χ0) is 19.6. The normalized spacial score (nSPS) is 17.6. The summed E-state index contributed by atoms with van der Waals surface area (Å²) < 4.78 is 34.1. The fraction of sp³-hybridized carbons (Fsp3) is 0.400. The minimum atomic E-state index is -3.65. The molecule has 0 bridgehead atoms. The number of sulfonamides is 1. The second-order valence-corrected chi connectivity index (χ2v) is 8.81. The van der Waals surface area contributed by atoms with E-state index in [4.69, 9.17) is 4.74 Å². The highest BCUT2D eigenvalue weighted by molar-refractivity contribution is 7.89. The third-order valence-corrected chi connectivity index (χ3v) is 6.87. The first-order chi connectivity index (χ1) is 12.9. The van der Waals surface area contributed by atoms with E-state index in [-0.39, 0.29) is 18.4 Å². The van der Waals surface area contributed by atoms with Gasteiger partial charge in [0, 0.05) is 45.0 Å². The molecule has 28 heavy (non-hydrogen) atoms. The van der Waals surface area contributed by atoms with Gasteiger partial charge in [-0.05, 0) is 30.7 Å². The van der Waals surface area contributed by atoms with Gasteiger partial charge in [0.05, 0.1) is 18.0 Å². The van der Waals surface area contributed by atoms with Gasteiger partial charge in [0.25, 0.3) is 0 Å². The topological polar surface area (TPSA) is 61.9 Å².